The first-order chi connectivity index (χ1) is 8.78. The molecule has 1 atom stereocenters. The predicted molar refractivity (Wildman–Crippen MR) is 77.7 cm³/mol. The van der Waals surface area contributed by atoms with Crippen LogP contribution in [0.15, 0.2) is 24.3 Å². The molecule has 0 saturated carbocycles. The number of likely N-dealkylation sites (tertiary alicyclic amines) is 1. The van der Waals surface area contributed by atoms with E-state index in [1.54, 1.807) is 0 Å². The van der Waals surface area contributed by atoms with Crippen LogP contribution in [0.4, 0.5) is 0 Å². The van der Waals surface area contributed by atoms with E-state index in [9.17, 15) is 0 Å². The summed E-state index contributed by atoms with van der Waals surface area (Å²) >= 11 is 0. The third-order valence-corrected chi connectivity index (χ3v) is 3.72. The summed E-state index contributed by atoms with van der Waals surface area (Å²) in [6.45, 7) is 10.4. The second kappa shape index (κ2) is 6.91. The van der Waals surface area contributed by atoms with Gasteiger partial charge >= 0.3 is 0 Å². The minimum absolute atomic E-state index is 0.848. The number of nitrogens with zero attached hydrogens (tertiary/aromatic N) is 1. The van der Waals surface area contributed by atoms with Crippen LogP contribution in [0.25, 0.3) is 0 Å². The summed E-state index contributed by atoms with van der Waals surface area (Å²) in [4.78, 5) is 2.59. The van der Waals surface area contributed by atoms with Gasteiger partial charge in [0, 0.05) is 13.1 Å². The number of rotatable bonds is 6. The molecule has 0 amide bonds. The van der Waals surface area contributed by atoms with E-state index in [1.807, 2.05) is 0 Å². The lowest BCUT2D eigenvalue weighted by atomic mass is 10.1. The third kappa shape index (κ3) is 4.11. The van der Waals surface area contributed by atoms with Gasteiger partial charge < -0.3 is 5.32 Å². The zero-order valence-corrected chi connectivity index (χ0v) is 11.8. The fourth-order valence-corrected chi connectivity index (χ4v) is 2.77. The minimum atomic E-state index is 0.848. The van der Waals surface area contributed by atoms with Crippen LogP contribution in [0.5, 0.6) is 0 Å². The topological polar surface area (TPSA) is 15.3 Å². The highest BCUT2D eigenvalue weighted by atomic mass is 15.1. The first-order valence-corrected chi connectivity index (χ1v) is 7.26. The Morgan fingerprint density at radius 3 is 3.06 bits per heavy atom. The Labute approximate surface area is 111 Å². The molecular weight excluding hydrogens is 220 g/mol. The van der Waals surface area contributed by atoms with Crippen molar-refractivity contribution in [3.05, 3.63) is 35.4 Å². The lowest BCUT2D eigenvalue weighted by molar-refractivity contribution is 0.314. The van der Waals surface area contributed by atoms with Gasteiger partial charge in [0.15, 0.2) is 0 Å². The van der Waals surface area contributed by atoms with Gasteiger partial charge in [-0.3, -0.25) is 4.90 Å². The molecule has 2 heteroatoms. The molecule has 1 aromatic rings. The van der Waals surface area contributed by atoms with E-state index >= 15 is 0 Å². The van der Waals surface area contributed by atoms with Gasteiger partial charge in [0.05, 0.1) is 0 Å². The molecule has 0 aliphatic carbocycles. The lowest BCUT2D eigenvalue weighted by Gasteiger charge is -2.16. The van der Waals surface area contributed by atoms with Crippen molar-refractivity contribution in [2.45, 2.75) is 33.2 Å². The maximum atomic E-state index is 3.54. The van der Waals surface area contributed by atoms with Gasteiger partial charge in [0.1, 0.15) is 0 Å². The Kier molecular flexibility index (Phi) is 5.21. The Balaban J connectivity index is 1.75. The van der Waals surface area contributed by atoms with E-state index in [1.165, 1.54) is 43.6 Å². The molecule has 18 heavy (non-hydrogen) atoms. The number of hydrogen-bond acceptors (Lipinski definition) is 2. The molecule has 0 radical (unpaired) electrons. The second-order valence-electron chi connectivity index (χ2n) is 5.58. The van der Waals surface area contributed by atoms with Crippen LogP contribution in [0.3, 0.4) is 0 Å². The highest BCUT2D eigenvalue weighted by molar-refractivity contribution is 5.22. The fraction of sp³-hybridized carbons (Fsp3) is 0.625. The van der Waals surface area contributed by atoms with Crippen molar-refractivity contribution in [3.63, 3.8) is 0 Å². The molecule has 1 aromatic carbocycles. The summed E-state index contributed by atoms with van der Waals surface area (Å²) in [5.74, 6) is 0.848. The quantitative estimate of drug-likeness (QED) is 0.777. The van der Waals surface area contributed by atoms with Crippen molar-refractivity contribution in [2.24, 2.45) is 5.92 Å². The van der Waals surface area contributed by atoms with Crippen LogP contribution in [0, 0.1) is 12.8 Å². The monoisotopic (exact) mass is 246 g/mol. The summed E-state index contributed by atoms with van der Waals surface area (Å²) in [6.07, 6.45) is 2.59. The molecule has 1 heterocycles. The summed E-state index contributed by atoms with van der Waals surface area (Å²) < 4.78 is 0. The van der Waals surface area contributed by atoms with Crippen LogP contribution in [-0.2, 0) is 6.54 Å². The minimum Gasteiger partial charge on any atom is -0.316 e. The normalized spacial score (nSPS) is 20.4. The highest BCUT2D eigenvalue weighted by Gasteiger charge is 2.21. The first-order valence-electron chi connectivity index (χ1n) is 7.26. The molecule has 1 N–H and O–H groups in total. The predicted octanol–water partition coefficient (Wildman–Crippen LogP) is 2.82. The van der Waals surface area contributed by atoms with Crippen LogP contribution >= 0.6 is 0 Å². The molecule has 2 rings (SSSR count). The fourth-order valence-electron chi connectivity index (χ4n) is 2.77. The maximum Gasteiger partial charge on any atom is 0.0233 e. The highest BCUT2D eigenvalue weighted by Crippen LogP contribution is 2.18. The van der Waals surface area contributed by atoms with Crippen LogP contribution < -0.4 is 5.32 Å². The molecule has 1 fully saturated rings. The van der Waals surface area contributed by atoms with Gasteiger partial charge in [0.25, 0.3) is 0 Å². The summed E-state index contributed by atoms with van der Waals surface area (Å²) in [7, 11) is 0. The van der Waals surface area contributed by atoms with Gasteiger partial charge in [-0.05, 0) is 50.9 Å². The van der Waals surface area contributed by atoms with Crippen molar-refractivity contribution in [2.75, 3.05) is 26.2 Å². The van der Waals surface area contributed by atoms with E-state index in [2.05, 4.69) is 48.3 Å². The molecule has 100 valence electrons. The standard InChI is InChI=1S/C16H26N2/c1-3-8-17-11-16-7-9-18(13-16)12-15-6-4-5-14(2)10-15/h4-6,10,16-17H,3,7-9,11-13H2,1-2H3. The molecule has 1 saturated heterocycles. The van der Waals surface area contributed by atoms with Crippen molar-refractivity contribution < 1.29 is 0 Å². The van der Waals surface area contributed by atoms with Gasteiger partial charge in [-0.1, -0.05) is 36.8 Å². The van der Waals surface area contributed by atoms with Crippen molar-refractivity contribution in [3.8, 4) is 0 Å². The number of nitrogens with one attached hydrogen (secondary N) is 1. The Hall–Kier alpha value is -0.860. The number of hydrogen-bond donors (Lipinski definition) is 1. The summed E-state index contributed by atoms with van der Waals surface area (Å²) in [5, 5.41) is 3.54. The summed E-state index contributed by atoms with van der Waals surface area (Å²) in [5.41, 5.74) is 2.82. The maximum absolute atomic E-state index is 3.54. The Morgan fingerprint density at radius 1 is 1.39 bits per heavy atom. The smallest absolute Gasteiger partial charge is 0.0233 e. The van der Waals surface area contributed by atoms with Gasteiger partial charge in [0.2, 0.25) is 0 Å². The molecule has 0 bridgehead atoms. The van der Waals surface area contributed by atoms with E-state index in [4.69, 9.17) is 0 Å². The molecule has 2 nitrogen and oxygen atoms in total. The van der Waals surface area contributed by atoms with Crippen LogP contribution in [-0.4, -0.2) is 31.1 Å². The van der Waals surface area contributed by atoms with Gasteiger partial charge in [-0.25, -0.2) is 0 Å². The average molecular weight is 246 g/mol. The Bertz CT molecular complexity index is 362. The van der Waals surface area contributed by atoms with Crippen LogP contribution in [0.2, 0.25) is 0 Å². The summed E-state index contributed by atoms with van der Waals surface area (Å²) in [6, 6.07) is 8.89. The molecule has 1 aliphatic rings. The van der Waals surface area contributed by atoms with Crippen molar-refractivity contribution in [1.29, 1.82) is 0 Å². The zero-order valence-electron chi connectivity index (χ0n) is 11.8. The van der Waals surface area contributed by atoms with E-state index in [0.29, 0.717) is 0 Å². The van der Waals surface area contributed by atoms with Gasteiger partial charge in [-0.2, -0.15) is 0 Å². The second-order valence-corrected chi connectivity index (χ2v) is 5.58. The molecule has 1 aliphatic heterocycles. The van der Waals surface area contributed by atoms with E-state index in [-0.39, 0.29) is 0 Å². The average Bonchev–Trinajstić information content (AvgIpc) is 2.77. The van der Waals surface area contributed by atoms with Gasteiger partial charge in [-0.15, -0.1) is 0 Å². The van der Waals surface area contributed by atoms with E-state index < -0.39 is 0 Å². The van der Waals surface area contributed by atoms with Crippen LogP contribution in [0.1, 0.15) is 30.9 Å². The number of benzene rings is 1. The lowest BCUT2D eigenvalue weighted by Crippen LogP contribution is -2.26. The SMILES string of the molecule is CCCNCC1CCN(Cc2cccc(C)c2)C1. The molecule has 0 aromatic heterocycles. The Morgan fingerprint density at radius 2 is 2.28 bits per heavy atom. The van der Waals surface area contributed by atoms with E-state index in [0.717, 1.165) is 19.0 Å². The molecule has 1 unspecified atom stereocenters. The third-order valence-electron chi connectivity index (χ3n) is 3.72. The first kappa shape index (κ1) is 13.6. The molecular formula is C16H26N2. The zero-order chi connectivity index (χ0) is 12.8. The molecule has 0 spiro atoms. The van der Waals surface area contributed by atoms with Crippen molar-refractivity contribution in [1.82, 2.24) is 10.2 Å². The number of aryl methyl sites for hydroxylation is 1. The largest absolute Gasteiger partial charge is 0.316 e. The van der Waals surface area contributed by atoms with Crippen molar-refractivity contribution >= 4 is 0 Å².